The number of aromatic amines is 1. The van der Waals surface area contributed by atoms with Crippen molar-refractivity contribution in [1.29, 1.82) is 0 Å². The minimum absolute atomic E-state index is 0.0935. The zero-order valence-electron chi connectivity index (χ0n) is 14.2. The van der Waals surface area contributed by atoms with E-state index in [9.17, 15) is 0 Å². The van der Waals surface area contributed by atoms with Gasteiger partial charge in [-0.25, -0.2) is 4.98 Å². The molecule has 0 fully saturated rings. The molecule has 1 aliphatic carbocycles. The molecule has 1 aliphatic rings. The van der Waals surface area contributed by atoms with Crippen LogP contribution in [-0.2, 0) is 10.8 Å². The van der Waals surface area contributed by atoms with Crippen molar-refractivity contribution in [2.45, 2.75) is 70.9 Å². The van der Waals surface area contributed by atoms with Gasteiger partial charge in [-0.1, -0.05) is 26.8 Å². The van der Waals surface area contributed by atoms with Crippen molar-refractivity contribution in [2.75, 3.05) is 0 Å². The summed E-state index contributed by atoms with van der Waals surface area (Å²) in [7, 11) is -0.523. The Morgan fingerprint density at radius 3 is 2.71 bits per heavy atom. The topological polar surface area (TPSA) is 37.9 Å². The van der Waals surface area contributed by atoms with E-state index in [4.69, 9.17) is 4.43 Å². The molecule has 1 unspecified atom stereocenters. The highest BCUT2D eigenvalue weighted by Gasteiger charge is 2.30. The Hall–Kier alpha value is -0.873. The quantitative estimate of drug-likeness (QED) is 0.664. The number of hydrogen-bond acceptors (Lipinski definition) is 2. The molecule has 21 heavy (non-hydrogen) atoms. The molecule has 0 bridgehead atoms. The highest BCUT2D eigenvalue weighted by atomic mass is 28.2. The highest BCUT2D eigenvalue weighted by molar-refractivity contribution is 6.31. The van der Waals surface area contributed by atoms with Gasteiger partial charge in [0.2, 0.25) is 0 Å². The van der Waals surface area contributed by atoms with Gasteiger partial charge >= 0.3 is 0 Å². The Balaban J connectivity index is 1.94. The third-order valence-electron chi connectivity index (χ3n) is 4.17. The number of nitrogens with zero attached hydrogens (tertiary/aromatic N) is 1. The zero-order chi connectivity index (χ0) is 15.5. The first-order valence-electron chi connectivity index (χ1n) is 8.07. The summed E-state index contributed by atoms with van der Waals surface area (Å²) in [5.74, 6) is 0.701. The maximum atomic E-state index is 6.37. The average molecular weight is 307 g/mol. The molecule has 1 atom stereocenters. The van der Waals surface area contributed by atoms with Crippen molar-refractivity contribution in [2.24, 2.45) is 5.92 Å². The predicted molar refractivity (Wildman–Crippen MR) is 91.1 cm³/mol. The van der Waals surface area contributed by atoms with E-state index >= 15 is 0 Å². The van der Waals surface area contributed by atoms with E-state index in [0.29, 0.717) is 11.0 Å². The highest BCUT2D eigenvalue weighted by Crippen LogP contribution is 2.35. The largest absolute Gasteiger partial charge is 0.415 e. The Morgan fingerprint density at radius 1 is 1.33 bits per heavy atom. The number of rotatable bonds is 5. The fourth-order valence-electron chi connectivity index (χ4n) is 2.84. The van der Waals surface area contributed by atoms with Gasteiger partial charge in [0.1, 0.15) is 0 Å². The summed E-state index contributed by atoms with van der Waals surface area (Å²) in [5.41, 5.74) is 2.58. The zero-order valence-corrected chi connectivity index (χ0v) is 15.6. The van der Waals surface area contributed by atoms with Crippen molar-refractivity contribution >= 4 is 9.76 Å². The van der Waals surface area contributed by atoms with Gasteiger partial charge in [0.05, 0.1) is 17.6 Å². The van der Waals surface area contributed by atoms with Crippen LogP contribution in [0.3, 0.4) is 0 Å². The van der Waals surface area contributed by atoms with Crippen LogP contribution in [0.25, 0.3) is 0 Å². The number of nitrogens with one attached hydrogen (secondary N) is 1. The van der Waals surface area contributed by atoms with E-state index in [1.165, 1.54) is 24.1 Å². The third-order valence-corrected chi connectivity index (χ3v) is 5.90. The lowest BCUT2D eigenvalue weighted by molar-refractivity contribution is 0.138. The summed E-state index contributed by atoms with van der Waals surface area (Å²) < 4.78 is 6.37. The Kier molecular flexibility index (Phi) is 5.10. The normalized spacial score (nSPS) is 21.0. The van der Waals surface area contributed by atoms with Crippen molar-refractivity contribution < 1.29 is 4.43 Å². The molecule has 0 amide bonds. The molecule has 3 nitrogen and oxygen atoms in total. The fraction of sp³-hybridized carbons (Fsp3) is 0.706. The van der Waals surface area contributed by atoms with Crippen LogP contribution in [0.1, 0.15) is 59.6 Å². The summed E-state index contributed by atoms with van der Waals surface area (Å²) >= 11 is 0. The first kappa shape index (κ1) is 16.5. The third kappa shape index (κ3) is 5.11. The van der Waals surface area contributed by atoms with Gasteiger partial charge in [-0.05, 0) is 56.1 Å². The lowest BCUT2D eigenvalue weighted by Crippen LogP contribution is -2.34. The Morgan fingerprint density at radius 2 is 2.10 bits per heavy atom. The summed E-state index contributed by atoms with van der Waals surface area (Å²) in [5, 5.41) is 0.348. The van der Waals surface area contributed by atoms with E-state index in [-0.39, 0.29) is 5.60 Å². The smallest absolute Gasteiger partial charge is 0.168 e. The van der Waals surface area contributed by atoms with Crippen molar-refractivity contribution in [3.05, 3.63) is 29.9 Å². The number of aromatic nitrogens is 2. The SMILES string of the molecule is CC(C)(C)[SiH2]OC(C)(C)C1=CCCC(Cc2c[nH]cn2)C1. The van der Waals surface area contributed by atoms with E-state index in [0.717, 1.165) is 12.8 Å². The molecule has 0 aromatic carbocycles. The van der Waals surface area contributed by atoms with Crippen LogP contribution in [0.5, 0.6) is 0 Å². The molecular weight excluding hydrogens is 276 g/mol. The van der Waals surface area contributed by atoms with Crippen LogP contribution in [0.15, 0.2) is 24.2 Å². The molecular formula is C17H30N2OSi. The lowest BCUT2D eigenvalue weighted by atomic mass is 9.80. The number of allylic oxidation sites excluding steroid dienone is 1. The van der Waals surface area contributed by atoms with Crippen molar-refractivity contribution in [3.8, 4) is 0 Å². The van der Waals surface area contributed by atoms with Gasteiger partial charge in [0.25, 0.3) is 0 Å². The Labute approximate surface area is 131 Å². The van der Waals surface area contributed by atoms with Crippen LogP contribution >= 0.6 is 0 Å². The van der Waals surface area contributed by atoms with Gasteiger partial charge in [-0.15, -0.1) is 0 Å². The summed E-state index contributed by atoms with van der Waals surface area (Å²) in [6, 6.07) is 0. The molecule has 0 spiro atoms. The molecule has 1 heterocycles. The summed E-state index contributed by atoms with van der Waals surface area (Å²) in [6.07, 6.45) is 10.9. The number of hydrogen-bond donors (Lipinski definition) is 1. The molecule has 1 N–H and O–H groups in total. The van der Waals surface area contributed by atoms with Gasteiger partial charge < -0.3 is 9.41 Å². The van der Waals surface area contributed by atoms with Crippen molar-refractivity contribution in [3.63, 3.8) is 0 Å². The van der Waals surface area contributed by atoms with Gasteiger partial charge in [0, 0.05) is 6.20 Å². The molecule has 1 aromatic heterocycles. The lowest BCUT2D eigenvalue weighted by Gasteiger charge is -2.36. The molecule has 4 heteroatoms. The molecule has 0 radical (unpaired) electrons. The summed E-state index contributed by atoms with van der Waals surface area (Å²) in [4.78, 5) is 7.42. The summed E-state index contributed by atoms with van der Waals surface area (Å²) in [6.45, 7) is 11.3. The maximum Gasteiger partial charge on any atom is 0.168 e. The van der Waals surface area contributed by atoms with Crippen LogP contribution in [-0.4, -0.2) is 25.3 Å². The maximum absolute atomic E-state index is 6.37. The standard InChI is InChI=1S/C17H30N2OSi/c1-16(2,3)21-20-17(4,5)14-8-6-7-13(9-14)10-15-11-18-12-19-15/h8,11-13H,6-7,9-10,21H2,1-5H3,(H,18,19). The predicted octanol–water partition coefficient (Wildman–Crippen LogP) is 3.78. The second-order valence-corrected chi connectivity index (χ2v) is 10.7. The van der Waals surface area contributed by atoms with E-state index < -0.39 is 9.76 Å². The van der Waals surface area contributed by atoms with Crippen LogP contribution in [0, 0.1) is 5.92 Å². The first-order chi connectivity index (χ1) is 9.76. The molecule has 1 aromatic rings. The minimum Gasteiger partial charge on any atom is -0.415 e. The minimum atomic E-state index is -0.523. The van der Waals surface area contributed by atoms with E-state index in [2.05, 4.69) is 50.7 Å². The Bertz CT molecular complexity index is 471. The monoisotopic (exact) mass is 306 g/mol. The fourth-order valence-corrected chi connectivity index (χ4v) is 3.82. The average Bonchev–Trinajstić information content (AvgIpc) is 2.89. The second kappa shape index (κ2) is 6.49. The molecule has 118 valence electrons. The molecule has 2 rings (SSSR count). The van der Waals surface area contributed by atoms with Gasteiger partial charge in [0.15, 0.2) is 9.76 Å². The van der Waals surface area contributed by atoms with Gasteiger partial charge in [-0.3, -0.25) is 0 Å². The first-order valence-corrected chi connectivity index (χ1v) is 9.36. The van der Waals surface area contributed by atoms with Crippen molar-refractivity contribution in [1.82, 2.24) is 9.97 Å². The van der Waals surface area contributed by atoms with Crippen LogP contribution in [0.2, 0.25) is 5.04 Å². The second-order valence-electron chi connectivity index (χ2n) is 8.00. The van der Waals surface area contributed by atoms with E-state index in [1.54, 1.807) is 6.33 Å². The molecule has 0 saturated carbocycles. The number of H-pyrrole nitrogens is 1. The molecule has 0 saturated heterocycles. The van der Waals surface area contributed by atoms with Crippen LogP contribution < -0.4 is 0 Å². The van der Waals surface area contributed by atoms with E-state index in [1.807, 2.05) is 6.20 Å². The number of imidazole rings is 1. The van der Waals surface area contributed by atoms with Crippen LogP contribution in [0.4, 0.5) is 0 Å². The van der Waals surface area contributed by atoms with Gasteiger partial charge in [-0.2, -0.15) is 0 Å². The molecule has 0 aliphatic heterocycles.